The number of halogens is 2. The minimum atomic E-state index is -0.830. The number of thiophene rings is 1. The fourth-order valence-electron chi connectivity index (χ4n) is 2.84. The van der Waals surface area contributed by atoms with Gasteiger partial charge in [0.2, 0.25) is 0 Å². The molecule has 1 aliphatic heterocycles. The van der Waals surface area contributed by atoms with E-state index in [9.17, 15) is 14.0 Å². The molecule has 0 saturated carbocycles. The maximum atomic E-state index is 13.2. The average Bonchev–Trinajstić information content (AvgIpc) is 3.20. The molecule has 6 nitrogen and oxygen atoms in total. The summed E-state index contributed by atoms with van der Waals surface area (Å²) in [5, 5.41) is 8.98. The number of carbonyl (C=O) groups excluding carboxylic acids is 2. The predicted octanol–water partition coefficient (Wildman–Crippen LogP) is 2.67. The number of nitrogens with zero attached hydrogens (tertiary/aromatic N) is 1. The van der Waals surface area contributed by atoms with E-state index in [-0.39, 0.29) is 16.8 Å². The second-order valence-electron chi connectivity index (χ2n) is 6.01. The molecule has 27 heavy (non-hydrogen) atoms. The summed E-state index contributed by atoms with van der Waals surface area (Å²) in [5.74, 6) is -2.18. The Morgan fingerprint density at radius 1 is 1.26 bits per heavy atom. The summed E-state index contributed by atoms with van der Waals surface area (Å²) in [4.78, 5) is 26.5. The van der Waals surface area contributed by atoms with Crippen molar-refractivity contribution < 1.29 is 18.7 Å². The van der Waals surface area contributed by atoms with Crippen molar-refractivity contribution in [2.75, 3.05) is 38.2 Å². The van der Waals surface area contributed by atoms with Gasteiger partial charge in [-0.05, 0) is 40.6 Å². The standard InChI is InChI=1S/C18H19ClFN3O3S/c19-14-9-13(1-2-15(14)20)22-18(25)17(24)21-10-16(12-3-8-27-11-12)23-4-6-26-7-5-23/h1-3,8-9,11,16H,4-7,10H2,(H,21,24)(H,22,25)/t16-/m0/s1. The minimum Gasteiger partial charge on any atom is -0.379 e. The predicted molar refractivity (Wildman–Crippen MR) is 103 cm³/mol. The minimum absolute atomic E-state index is 0.0304. The Morgan fingerprint density at radius 2 is 2.04 bits per heavy atom. The topological polar surface area (TPSA) is 70.7 Å². The van der Waals surface area contributed by atoms with E-state index in [0.717, 1.165) is 24.7 Å². The van der Waals surface area contributed by atoms with Gasteiger partial charge in [0, 0.05) is 25.3 Å². The third-order valence-electron chi connectivity index (χ3n) is 4.25. The van der Waals surface area contributed by atoms with Gasteiger partial charge in [-0.15, -0.1) is 0 Å². The van der Waals surface area contributed by atoms with Gasteiger partial charge in [-0.2, -0.15) is 11.3 Å². The molecule has 0 aliphatic carbocycles. The van der Waals surface area contributed by atoms with Crippen molar-refractivity contribution in [3.63, 3.8) is 0 Å². The van der Waals surface area contributed by atoms with Crippen LogP contribution in [0.2, 0.25) is 5.02 Å². The highest BCUT2D eigenvalue weighted by Gasteiger charge is 2.24. The van der Waals surface area contributed by atoms with E-state index >= 15 is 0 Å². The molecule has 144 valence electrons. The second kappa shape index (κ2) is 9.27. The van der Waals surface area contributed by atoms with Gasteiger partial charge in [0.15, 0.2) is 0 Å². The first-order valence-corrected chi connectivity index (χ1v) is 9.75. The first kappa shape index (κ1) is 19.8. The zero-order chi connectivity index (χ0) is 19.2. The number of morpholine rings is 1. The van der Waals surface area contributed by atoms with Gasteiger partial charge < -0.3 is 15.4 Å². The van der Waals surface area contributed by atoms with E-state index in [4.69, 9.17) is 16.3 Å². The molecule has 3 rings (SSSR count). The molecule has 1 aromatic heterocycles. The van der Waals surface area contributed by atoms with Crippen molar-refractivity contribution in [2.45, 2.75) is 6.04 Å². The lowest BCUT2D eigenvalue weighted by Gasteiger charge is -2.34. The maximum absolute atomic E-state index is 13.2. The van der Waals surface area contributed by atoms with E-state index in [1.165, 1.54) is 12.1 Å². The van der Waals surface area contributed by atoms with Gasteiger partial charge in [-0.3, -0.25) is 14.5 Å². The highest BCUT2D eigenvalue weighted by molar-refractivity contribution is 7.08. The molecule has 9 heteroatoms. The van der Waals surface area contributed by atoms with Crippen LogP contribution in [0.25, 0.3) is 0 Å². The van der Waals surface area contributed by atoms with Crippen LogP contribution in [0.4, 0.5) is 10.1 Å². The monoisotopic (exact) mass is 411 g/mol. The molecule has 1 aromatic carbocycles. The summed E-state index contributed by atoms with van der Waals surface area (Å²) in [7, 11) is 0. The number of benzene rings is 1. The summed E-state index contributed by atoms with van der Waals surface area (Å²) in [6.45, 7) is 3.10. The molecule has 1 saturated heterocycles. The van der Waals surface area contributed by atoms with Crippen LogP contribution in [-0.2, 0) is 14.3 Å². The molecule has 1 atom stereocenters. The van der Waals surface area contributed by atoms with Crippen molar-refractivity contribution in [1.29, 1.82) is 0 Å². The lowest BCUT2D eigenvalue weighted by molar-refractivity contribution is -0.136. The van der Waals surface area contributed by atoms with Crippen LogP contribution in [-0.4, -0.2) is 49.6 Å². The average molecular weight is 412 g/mol. The first-order chi connectivity index (χ1) is 13.0. The van der Waals surface area contributed by atoms with Gasteiger partial charge in [-0.1, -0.05) is 11.6 Å². The van der Waals surface area contributed by atoms with Gasteiger partial charge in [0.05, 0.1) is 24.3 Å². The normalized spacial score (nSPS) is 15.9. The molecular formula is C18H19ClFN3O3S. The first-order valence-electron chi connectivity index (χ1n) is 8.42. The number of hydrogen-bond donors (Lipinski definition) is 2. The number of rotatable bonds is 5. The Bertz CT molecular complexity index is 797. The van der Waals surface area contributed by atoms with Gasteiger partial charge in [0.25, 0.3) is 0 Å². The smallest absolute Gasteiger partial charge is 0.313 e. The van der Waals surface area contributed by atoms with Crippen molar-refractivity contribution >= 4 is 40.4 Å². The summed E-state index contributed by atoms with van der Waals surface area (Å²) in [6, 6.07) is 5.70. The summed E-state index contributed by atoms with van der Waals surface area (Å²) in [6.07, 6.45) is 0. The van der Waals surface area contributed by atoms with Crippen molar-refractivity contribution in [2.24, 2.45) is 0 Å². The molecule has 0 bridgehead atoms. The maximum Gasteiger partial charge on any atom is 0.313 e. The molecule has 0 unspecified atom stereocenters. The molecule has 2 aromatic rings. The molecule has 2 amide bonds. The van der Waals surface area contributed by atoms with E-state index in [0.29, 0.717) is 19.8 Å². The highest BCUT2D eigenvalue weighted by Crippen LogP contribution is 2.23. The Morgan fingerprint density at radius 3 is 2.70 bits per heavy atom. The van der Waals surface area contributed by atoms with Gasteiger partial charge >= 0.3 is 11.8 Å². The van der Waals surface area contributed by atoms with Crippen molar-refractivity contribution in [3.8, 4) is 0 Å². The quantitative estimate of drug-likeness (QED) is 0.742. The van der Waals surface area contributed by atoms with E-state index in [1.807, 2.05) is 16.8 Å². The molecule has 0 radical (unpaired) electrons. The third kappa shape index (κ3) is 5.26. The Hall–Kier alpha value is -2.00. The highest BCUT2D eigenvalue weighted by atomic mass is 35.5. The number of carbonyl (C=O) groups is 2. The number of anilines is 1. The fourth-order valence-corrected chi connectivity index (χ4v) is 3.73. The molecule has 1 fully saturated rings. The number of ether oxygens (including phenoxy) is 1. The van der Waals surface area contributed by atoms with Gasteiger partial charge in [0.1, 0.15) is 5.82 Å². The van der Waals surface area contributed by atoms with Crippen LogP contribution in [0.1, 0.15) is 11.6 Å². The van der Waals surface area contributed by atoms with Crippen LogP contribution >= 0.6 is 22.9 Å². The Balaban J connectivity index is 1.59. The SMILES string of the molecule is O=C(NC[C@@H](c1ccsc1)N1CCOCC1)C(=O)Nc1ccc(F)c(Cl)c1. The number of amides is 2. The molecular weight excluding hydrogens is 393 g/mol. The van der Waals surface area contributed by atoms with Crippen LogP contribution in [0.3, 0.4) is 0 Å². The molecule has 2 N–H and O–H groups in total. The third-order valence-corrected chi connectivity index (χ3v) is 5.25. The van der Waals surface area contributed by atoms with Crippen LogP contribution < -0.4 is 10.6 Å². The summed E-state index contributed by atoms with van der Waals surface area (Å²) < 4.78 is 18.6. The largest absolute Gasteiger partial charge is 0.379 e. The number of nitrogens with one attached hydrogen (secondary N) is 2. The number of hydrogen-bond acceptors (Lipinski definition) is 5. The van der Waals surface area contributed by atoms with Crippen LogP contribution in [0.5, 0.6) is 0 Å². The lowest BCUT2D eigenvalue weighted by Crippen LogP contribution is -2.45. The molecule has 2 heterocycles. The summed E-state index contributed by atoms with van der Waals surface area (Å²) >= 11 is 7.26. The zero-order valence-corrected chi connectivity index (χ0v) is 16.0. The molecule has 0 spiro atoms. The fraction of sp³-hybridized carbons (Fsp3) is 0.333. The zero-order valence-electron chi connectivity index (χ0n) is 14.4. The van der Waals surface area contributed by atoms with Crippen molar-refractivity contribution in [3.05, 3.63) is 51.4 Å². The lowest BCUT2D eigenvalue weighted by atomic mass is 10.1. The Kier molecular flexibility index (Phi) is 6.78. The van der Waals surface area contributed by atoms with Crippen LogP contribution in [0, 0.1) is 5.82 Å². The van der Waals surface area contributed by atoms with Gasteiger partial charge in [-0.25, -0.2) is 4.39 Å². The van der Waals surface area contributed by atoms with Crippen molar-refractivity contribution in [1.82, 2.24) is 10.2 Å². The second-order valence-corrected chi connectivity index (χ2v) is 7.20. The van der Waals surface area contributed by atoms with E-state index in [1.54, 1.807) is 11.3 Å². The molecule has 1 aliphatic rings. The summed E-state index contributed by atoms with van der Waals surface area (Å²) in [5.41, 5.74) is 1.34. The van der Waals surface area contributed by atoms with E-state index < -0.39 is 17.6 Å². The van der Waals surface area contributed by atoms with Crippen LogP contribution in [0.15, 0.2) is 35.0 Å². The Labute approximate surface area is 165 Å². The van der Waals surface area contributed by atoms with E-state index in [2.05, 4.69) is 15.5 Å².